The van der Waals surface area contributed by atoms with Crippen molar-refractivity contribution < 1.29 is 24.8 Å². The van der Waals surface area contributed by atoms with E-state index in [4.69, 9.17) is 11.6 Å². The van der Waals surface area contributed by atoms with Gasteiger partial charge in [0, 0.05) is 16.6 Å². The molecule has 4 rings (SSSR count). The summed E-state index contributed by atoms with van der Waals surface area (Å²) in [5.41, 5.74) is 0.756. The minimum Gasteiger partial charge on any atom is -0.387 e. The minimum absolute atomic E-state index is 0.262. The van der Waals surface area contributed by atoms with Gasteiger partial charge in [0.2, 0.25) is 17.4 Å². The molecule has 1 spiro atoms. The molecule has 2 fully saturated rings. The second-order valence-corrected chi connectivity index (χ2v) is 8.70. The summed E-state index contributed by atoms with van der Waals surface area (Å²) in [7, 11) is 0. The third kappa shape index (κ3) is 2.27. The van der Waals surface area contributed by atoms with Crippen molar-refractivity contribution in [2.75, 3.05) is 5.32 Å². The molecule has 0 radical (unpaired) electrons. The topological polar surface area (TPSA) is 103 Å². The fourth-order valence-corrected chi connectivity index (χ4v) is 5.47. The Morgan fingerprint density at radius 3 is 2.57 bits per heavy atom. The van der Waals surface area contributed by atoms with E-state index in [1.165, 1.54) is 4.90 Å². The Morgan fingerprint density at radius 2 is 1.96 bits per heavy atom. The first-order valence-corrected chi connectivity index (χ1v) is 10.1. The molecule has 6 atom stereocenters. The number of amides is 3. The molecule has 1 aromatic carbocycles. The normalized spacial score (nSPS) is 33.3. The van der Waals surface area contributed by atoms with Gasteiger partial charge in [-0.15, -0.1) is 0 Å². The lowest BCUT2D eigenvalue weighted by atomic mass is 9.76. The number of benzene rings is 1. The molecule has 0 aromatic heterocycles. The minimum atomic E-state index is -1.30. The summed E-state index contributed by atoms with van der Waals surface area (Å²) in [5, 5.41) is 15.5. The zero-order valence-corrected chi connectivity index (χ0v) is 17.1. The molecule has 0 bridgehead atoms. The van der Waals surface area contributed by atoms with E-state index >= 15 is 0 Å². The largest absolute Gasteiger partial charge is 0.387 e. The maximum atomic E-state index is 13.4. The molecule has 28 heavy (non-hydrogen) atoms. The standard InChI is InChI=1S/C20H24ClN3O4/c1-5-9(3)24-17(26)13-14(18(24)27)20(23-16(13)10(4)25)12-7-11(21)6-8(2)15(12)22-19(20)28/h6-7,9-10,13-14,16,23,25H,5H2,1-4H3,(H,22,28)/p+1/t9-,10-,13+,14+,16-,20-/m1/s1. The summed E-state index contributed by atoms with van der Waals surface area (Å²) in [6, 6.07) is 2.60. The Hall–Kier alpha value is -1.96. The number of fused-ring (bicyclic) bond motifs is 4. The Bertz CT molecular complexity index is 902. The molecule has 3 heterocycles. The zero-order valence-electron chi connectivity index (χ0n) is 16.3. The van der Waals surface area contributed by atoms with E-state index in [1.54, 1.807) is 24.4 Å². The second-order valence-electron chi connectivity index (χ2n) is 8.26. The molecule has 150 valence electrons. The molecule has 0 unspecified atom stereocenters. The van der Waals surface area contributed by atoms with E-state index in [-0.39, 0.29) is 23.8 Å². The number of aryl methyl sites for hydroxylation is 1. The number of carbonyl (C=O) groups is 3. The van der Waals surface area contributed by atoms with Crippen LogP contribution in [-0.2, 0) is 19.9 Å². The first kappa shape index (κ1) is 19.4. The number of hydrogen-bond acceptors (Lipinski definition) is 4. The smallest absolute Gasteiger partial charge is 0.291 e. The Kier molecular flexibility index (Phi) is 4.34. The molecule has 3 amide bonds. The number of carbonyl (C=O) groups excluding carboxylic acids is 3. The monoisotopic (exact) mass is 406 g/mol. The van der Waals surface area contributed by atoms with E-state index < -0.39 is 29.5 Å². The number of likely N-dealkylation sites (tertiary alicyclic amines) is 1. The van der Waals surface area contributed by atoms with Crippen LogP contribution < -0.4 is 10.6 Å². The SMILES string of the molecule is CC[C@@H](C)N1C(=O)[C@@H]2[C@@H]([C@@H](C)O)[NH2+][C@@]3(C(=O)Nc4c(C)cc(Cl)cc43)[C@@H]2C1=O. The van der Waals surface area contributed by atoms with Crippen molar-refractivity contribution in [3.05, 3.63) is 28.3 Å². The van der Waals surface area contributed by atoms with Crippen LogP contribution in [0.3, 0.4) is 0 Å². The van der Waals surface area contributed by atoms with Crippen molar-refractivity contribution in [2.45, 2.75) is 57.8 Å². The van der Waals surface area contributed by atoms with Crippen molar-refractivity contribution in [2.24, 2.45) is 11.8 Å². The Balaban J connectivity index is 1.94. The summed E-state index contributed by atoms with van der Waals surface area (Å²) < 4.78 is 0. The average Bonchev–Trinajstić information content (AvgIpc) is 3.21. The Morgan fingerprint density at radius 1 is 1.29 bits per heavy atom. The van der Waals surface area contributed by atoms with Crippen LogP contribution >= 0.6 is 11.6 Å². The molecule has 3 aliphatic heterocycles. The molecule has 0 aliphatic carbocycles. The summed E-state index contributed by atoms with van der Waals surface area (Å²) in [6.07, 6.45) is -0.238. The number of halogens is 1. The lowest BCUT2D eigenvalue weighted by molar-refractivity contribution is -0.738. The highest BCUT2D eigenvalue weighted by Gasteiger charge is 2.75. The van der Waals surface area contributed by atoms with Gasteiger partial charge >= 0.3 is 0 Å². The summed E-state index contributed by atoms with van der Waals surface area (Å²) in [6.45, 7) is 7.18. The number of hydrogen-bond donors (Lipinski definition) is 3. The van der Waals surface area contributed by atoms with Gasteiger partial charge in [-0.3, -0.25) is 19.3 Å². The number of aliphatic hydroxyl groups excluding tert-OH is 1. The van der Waals surface area contributed by atoms with E-state index in [0.717, 1.165) is 5.56 Å². The molecule has 2 saturated heterocycles. The predicted octanol–water partition coefficient (Wildman–Crippen LogP) is 0.522. The number of anilines is 1. The van der Waals surface area contributed by atoms with Crippen molar-refractivity contribution in [1.82, 2.24) is 4.90 Å². The predicted molar refractivity (Wildman–Crippen MR) is 102 cm³/mol. The molecular formula is C20H25ClN3O4+. The lowest BCUT2D eigenvalue weighted by Gasteiger charge is -2.29. The number of aliphatic hydroxyl groups is 1. The van der Waals surface area contributed by atoms with Crippen molar-refractivity contribution in [3.8, 4) is 0 Å². The number of nitrogens with zero attached hydrogens (tertiary/aromatic N) is 1. The third-order valence-electron chi connectivity index (χ3n) is 6.69. The highest BCUT2D eigenvalue weighted by molar-refractivity contribution is 6.31. The molecule has 3 aliphatic rings. The van der Waals surface area contributed by atoms with Crippen LogP contribution in [0.2, 0.25) is 5.02 Å². The van der Waals surface area contributed by atoms with Gasteiger partial charge in [-0.05, 0) is 44.9 Å². The quantitative estimate of drug-likeness (QED) is 0.637. The number of quaternary nitrogens is 1. The summed E-state index contributed by atoms with van der Waals surface area (Å²) >= 11 is 6.28. The van der Waals surface area contributed by atoms with E-state index in [2.05, 4.69) is 5.32 Å². The average molecular weight is 407 g/mol. The van der Waals surface area contributed by atoms with Crippen LogP contribution in [0.15, 0.2) is 12.1 Å². The van der Waals surface area contributed by atoms with Gasteiger partial charge < -0.3 is 15.7 Å². The maximum Gasteiger partial charge on any atom is 0.291 e. The first-order valence-electron chi connectivity index (χ1n) is 9.68. The van der Waals surface area contributed by atoms with Gasteiger partial charge in [-0.1, -0.05) is 18.5 Å². The highest BCUT2D eigenvalue weighted by atomic mass is 35.5. The van der Waals surface area contributed by atoms with Crippen LogP contribution in [0.5, 0.6) is 0 Å². The summed E-state index contributed by atoms with van der Waals surface area (Å²) in [4.78, 5) is 41.2. The summed E-state index contributed by atoms with van der Waals surface area (Å²) in [5.74, 6) is -2.60. The van der Waals surface area contributed by atoms with Crippen LogP contribution in [0.25, 0.3) is 0 Å². The van der Waals surface area contributed by atoms with Gasteiger partial charge in [0.15, 0.2) is 0 Å². The number of nitrogens with two attached hydrogens (primary N) is 1. The van der Waals surface area contributed by atoms with Crippen molar-refractivity contribution >= 4 is 35.0 Å². The van der Waals surface area contributed by atoms with Crippen LogP contribution in [0.4, 0.5) is 5.69 Å². The fourth-order valence-electron chi connectivity index (χ4n) is 5.20. The van der Waals surface area contributed by atoms with E-state index in [0.29, 0.717) is 22.7 Å². The molecule has 1 aromatic rings. The van der Waals surface area contributed by atoms with Crippen LogP contribution in [0, 0.1) is 18.8 Å². The van der Waals surface area contributed by atoms with Crippen molar-refractivity contribution in [3.63, 3.8) is 0 Å². The Labute approximate surface area is 168 Å². The maximum absolute atomic E-state index is 13.4. The van der Waals surface area contributed by atoms with Gasteiger partial charge in [0.1, 0.15) is 24.0 Å². The van der Waals surface area contributed by atoms with Crippen molar-refractivity contribution in [1.29, 1.82) is 0 Å². The third-order valence-corrected chi connectivity index (χ3v) is 6.91. The molecular weight excluding hydrogens is 382 g/mol. The fraction of sp³-hybridized carbons (Fsp3) is 0.550. The van der Waals surface area contributed by atoms with Gasteiger partial charge in [0.25, 0.3) is 5.91 Å². The van der Waals surface area contributed by atoms with Gasteiger partial charge in [-0.2, -0.15) is 0 Å². The van der Waals surface area contributed by atoms with E-state index in [9.17, 15) is 19.5 Å². The number of nitrogens with one attached hydrogen (secondary N) is 1. The molecule has 8 heteroatoms. The van der Waals surface area contributed by atoms with Gasteiger partial charge in [0.05, 0.1) is 5.69 Å². The van der Waals surface area contributed by atoms with E-state index in [1.807, 2.05) is 20.8 Å². The van der Waals surface area contributed by atoms with Crippen LogP contribution in [-0.4, -0.2) is 45.9 Å². The van der Waals surface area contributed by atoms with Gasteiger partial charge in [-0.25, -0.2) is 0 Å². The number of imide groups is 1. The molecule has 4 N–H and O–H groups in total. The highest BCUT2D eigenvalue weighted by Crippen LogP contribution is 2.51. The first-order chi connectivity index (χ1) is 13.1. The number of rotatable bonds is 3. The molecule has 7 nitrogen and oxygen atoms in total. The zero-order chi connectivity index (χ0) is 20.5. The molecule has 0 saturated carbocycles. The second kappa shape index (κ2) is 6.27. The lowest BCUT2D eigenvalue weighted by Crippen LogP contribution is -3.00. The van der Waals surface area contributed by atoms with Crippen LogP contribution in [0.1, 0.15) is 38.3 Å².